The highest BCUT2D eigenvalue weighted by molar-refractivity contribution is 8.13. The highest BCUT2D eigenvalue weighted by Crippen LogP contribution is 2.27. The van der Waals surface area contributed by atoms with E-state index in [0.29, 0.717) is 24.7 Å². The van der Waals surface area contributed by atoms with E-state index in [9.17, 15) is 8.42 Å². The average Bonchev–Trinajstić information content (AvgIpc) is 2.16. The molecule has 1 aliphatic rings. The highest BCUT2D eigenvalue weighted by Gasteiger charge is 2.16. The van der Waals surface area contributed by atoms with Gasteiger partial charge in [-0.3, -0.25) is 0 Å². The van der Waals surface area contributed by atoms with Gasteiger partial charge in [-0.15, -0.1) is 0 Å². The van der Waals surface area contributed by atoms with E-state index in [-0.39, 0.29) is 4.90 Å². The number of hydrogen-bond donors (Lipinski definition) is 1. The Hall–Kier alpha value is -1.01. The molecule has 76 valence electrons. The summed E-state index contributed by atoms with van der Waals surface area (Å²) in [4.78, 5) is 3.81. The topological polar surface area (TPSA) is 68.3 Å². The third kappa shape index (κ3) is 1.76. The lowest BCUT2D eigenvalue weighted by Crippen LogP contribution is -2.19. The molecule has 0 saturated carbocycles. The van der Waals surface area contributed by atoms with Crippen molar-refractivity contribution >= 4 is 25.4 Å². The summed E-state index contributed by atoms with van der Waals surface area (Å²) >= 11 is 0. The molecule has 1 aliphatic heterocycles. The van der Waals surface area contributed by atoms with Gasteiger partial charge in [-0.1, -0.05) is 0 Å². The summed E-state index contributed by atoms with van der Waals surface area (Å²) in [7, 11) is 1.44. The van der Waals surface area contributed by atoms with E-state index in [1.54, 1.807) is 0 Å². The molecule has 7 heteroatoms. The average molecular weight is 235 g/mol. The number of nitrogens with one attached hydrogen (secondary N) is 1. The van der Waals surface area contributed by atoms with E-state index >= 15 is 0 Å². The summed E-state index contributed by atoms with van der Waals surface area (Å²) in [5.74, 6) is 0.403. The van der Waals surface area contributed by atoms with Crippen molar-refractivity contribution < 1.29 is 13.2 Å². The molecular formula is C7H7ClN2O3S. The smallest absolute Gasteiger partial charge is 0.262 e. The Balaban J connectivity index is 2.49. The van der Waals surface area contributed by atoms with Crippen LogP contribution < -0.4 is 10.1 Å². The predicted molar refractivity (Wildman–Crippen MR) is 51.3 cm³/mol. The SMILES string of the molecule is O=S(=O)(Cl)c1cnc2c(c1)NCCO2. The first-order valence-corrected chi connectivity index (χ1v) is 6.20. The molecule has 0 saturated heterocycles. The highest BCUT2D eigenvalue weighted by atomic mass is 35.7. The maximum absolute atomic E-state index is 11.0. The Morgan fingerprint density at radius 3 is 3.07 bits per heavy atom. The predicted octanol–water partition coefficient (Wildman–Crippen LogP) is 0.813. The van der Waals surface area contributed by atoms with E-state index in [1.165, 1.54) is 12.3 Å². The summed E-state index contributed by atoms with van der Waals surface area (Å²) in [5, 5.41) is 2.96. The van der Waals surface area contributed by atoms with Crippen LogP contribution in [0.1, 0.15) is 0 Å². The van der Waals surface area contributed by atoms with Gasteiger partial charge in [0.2, 0.25) is 5.88 Å². The zero-order chi connectivity index (χ0) is 10.2. The third-order valence-electron chi connectivity index (χ3n) is 1.76. The van der Waals surface area contributed by atoms with Gasteiger partial charge >= 0.3 is 0 Å². The van der Waals surface area contributed by atoms with Crippen molar-refractivity contribution in [1.82, 2.24) is 4.98 Å². The molecule has 0 atom stereocenters. The molecule has 5 nitrogen and oxygen atoms in total. The first-order valence-electron chi connectivity index (χ1n) is 3.89. The summed E-state index contributed by atoms with van der Waals surface area (Å²) in [5.41, 5.74) is 0.554. The van der Waals surface area contributed by atoms with Crippen LogP contribution in [0.15, 0.2) is 17.2 Å². The number of pyridine rings is 1. The molecule has 0 unspecified atom stereocenters. The summed E-state index contributed by atoms with van der Waals surface area (Å²) in [6, 6.07) is 1.41. The number of nitrogens with zero attached hydrogens (tertiary/aromatic N) is 1. The Morgan fingerprint density at radius 1 is 1.57 bits per heavy atom. The molecule has 0 aliphatic carbocycles. The van der Waals surface area contributed by atoms with Crippen molar-refractivity contribution in [3.63, 3.8) is 0 Å². The Kier molecular flexibility index (Phi) is 2.24. The van der Waals surface area contributed by atoms with E-state index in [1.807, 2.05) is 0 Å². The minimum atomic E-state index is -3.72. The summed E-state index contributed by atoms with van der Waals surface area (Å²) in [6.45, 7) is 1.15. The molecule has 0 aromatic carbocycles. The first-order chi connectivity index (χ1) is 6.57. The van der Waals surface area contributed by atoms with E-state index in [4.69, 9.17) is 15.4 Å². The second-order valence-electron chi connectivity index (χ2n) is 2.74. The minimum Gasteiger partial charge on any atom is -0.474 e. The van der Waals surface area contributed by atoms with Crippen LogP contribution in [0.5, 0.6) is 5.88 Å². The van der Waals surface area contributed by atoms with Gasteiger partial charge in [0.1, 0.15) is 11.5 Å². The monoisotopic (exact) mass is 234 g/mol. The van der Waals surface area contributed by atoms with Crippen LogP contribution in [0.2, 0.25) is 0 Å². The van der Waals surface area contributed by atoms with Gasteiger partial charge in [0, 0.05) is 17.2 Å². The third-order valence-corrected chi connectivity index (χ3v) is 3.08. The number of fused-ring (bicyclic) bond motifs is 1. The summed E-state index contributed by atoms with van der Waals surface area (Å²) in [6.07, 6.45) is 1.17. The molecule has 0 bridgehead atoms. The number of ether oxygens (including phenoxy) is 1. The number of halogens is 1. The van der Waals surface area contributed by atoms with Gasteiger partial charge in [-0.25, -0.2) is 13.4 Å². The molecule has 0 fully saturated rings. The second kappa shape index (κ2) is 3.29. The normalized spacial score (nSPS) is 15.2. The maximum Gasteiger partial charge on any atom is 0.262 e. The van der Waals surface area contributed by atoms with Gasteiger partial charge in [-0.05, 0) is 6.07 Å². The number of hydrogen-bond acceptors (Lipinski definition) is 5. The molecule has 2 heterocycles. The van der Waals surface area contributed by atoms with Gasteiger partial charge < -0.3 is 10.1 Å². The fourth-order valence-corrected chi connectivity index (χ4v) is 1.83. The molecule has 0 spiro atoms. The molecule has 2 rings (SSSR count). The van der Waals surface area contributed by atoms with E-state index < -0.39 is 9.05 Å². The molecule has 1 aromatic rings. The molecule has 0 radical (unpaired) electrons. The fraction of sp³-hybridized carbons (Fsp3) is 0.286. The molecule has 14 heavy (non-hydrogen) atoms. The van der Waals surface area contributed by atoms with Crippen molar-refractivity contribution in [2.75, 3.05) is 18.5 Å². The summed E-state index contributed by atoms with van der Waals surface area (Å²) < 4.78 is 27.1. The van der Waals surface area contributed by atoms with Crippen molar-refractivity contribution in [1.29, 1.82) is 0 Å². The quantitative estimate of drug-likeness (QED) is 0.729. The second-order valence-corrected chi connectivity index (χ2v) is 5.30. The standard InChI is InChI=1S/C7H7ClN2O3S/c8-14(11,12)5-3-6-7(10-4-5)13-2-1-9-6/h3-4,9H,1-2H2. The van der Waals surface area contributed by atoms with E-state index in [2.05, 4.69) is 10.3 Å². The van der Waals surface area contributed by atoms with Crippen LogP contribution in [0.4, 0.5) is 5.69 Å². The van der Waals surface area contributed by atoms with Gasteiger partial charge in [0.15, 0.2) is 0 Å². The lowest BCUT2D eigenvalue weighted by atomic mass is 10.3. The molecule has 0 amide bonds. The molecule has 1 aromatic heterocycles. The molecule has 1 N–H and O–H groups in total. The van der Waals surface area contributed by atoms with Crippen LogP contribution in [0.25, 0.3) is 0 Å². The first kappa shape index (κ1) is 9.54. The lowest BCUT2D eigenvalue weighted by Gasteiger charge is -2.17. The van der Waals surface area contributed by atoms with Crippen LogP contribution in [-0.4, -0.2) is 26.6 Å². The minimum absolute atomic E-state index is 0.0316. The lowest BCUT2D eigenvalue weighted by molar-refractivity contribution is 0.310. The van der Waals surface area contributed by atoms with Crippen molar-refractivity contribution in [3.8, 4) is 5.88 Å². The maximum atomic E-state index is 11.0. The Labute approximate surface area is 85.5 Å². The van der Waals surface area contributed by atoms with Crippen molar-refractivity contribution in [2.45, 2.75) is 4.90 Å². The largest absolute Gasteiger partial charge is 0.474 e. The van der Waals surface area contributed by atoms with Crippen molar-refractivity contribution in [3.05, 3.63) is 12.3 Å². The van der Waals surface area contributed by atoms with Crippen molar-refractivity contribution in [2.24, 2.45) is 0 Å². The van der Waals surface area contributed by atoms with Crippen LogP contribution in [0.3, 0.4) is 0 Å². The Bertz CT molecular complexity index is 460. The van der Waals surface area contributed by atoms with Gasteiger partial charge in [0.25, 0.3) is 9.05 Å². The van der Waals surface area contributed by atoms with Crippen LogP contribution in [0, 0.1) is 0 Å². The zero-order valence-corrected chi connectivity index (χ0v) is 8.60. The fourth-order valence-electron chi connectivity index (χ4n) is 1.14. The van der Waals surface area contributed by atoms with Gasteiger partial charge in [0.05, 0.1) is 11.9 Å². The molecular weight excluding hydrogens is 228 g/mol. The number of anilines is 1. The number of aromatic nitrogens is 1. The zero-order valence-electron chi connectivity index (χ0n) is 7.03. The Morgan fingerprint density at radius 2 is 2.36 bits per heavy atom. The van der Waals surface area contributed by atoms with E-state index in [0.717, 1.165) is 0 Å². The number of rotatable bonds is 1. The van der Waals surface area contributed by atoms with Gasteiger partial charge in [-0.2, -0.15) is 0 Å². The van der Waals surface area contributed by atoms with Crippen LogP contribution in [-0.2, 0) is 9.05 Å². The van der Waals surface area contributed by atoms with Crippen LogP contribution >= 0.6 is 10.7 Å².